The molecular formula is C27H36ClN3O3. The van der Waals surface area contributed by atoms with E-state index in [1.807, 2.05) is 62.5 Å². The van der Waals surface area contributed by atoms with Crippen molar-refractivity contribution in [2.45, 2.75) is 71.1 Å². The van der Waals surface area contributed by atoms with Crippen LogP contribution in [0.4, 0.5) is 0 Å². The van der Waals surface area contributed by atoms with Crippen LogP contribution in [0.2, 0.25) is 5.02 Å². The molecule has 3 rings (SSSR count). The number of aliphatic hydroxyl groups excluding tert-OH is 1. The van der Waals surface area contributed by atoms with E-state index in [1.54, 1.807) is 11.1 Å². The summed E-state index contributed by atoms with van der Waals surface area (Å²) >= 11 is 6.23. The molecule has 184 valence electrons. The maximum Gasteiger partial charge on any atom is 0.312 e. The molecule has 0 aromatic heterocycles. The third-order valence-electron chi connectivity index (χ3n) is 6.79. The summed E-state index contributed by atoms with van der Waals surface area (Å²) in [5, 5.41) is 11.9. The minimum atomic E-state index is -0.841. The van der Waals surface area contributed by atoms with Gasteiger partial charge in [0.2, 0.25) is 0 Å². The molecule has 0 heterocycles. The van der Waals surface area contributed by atoms with Crippen LogP contribution in [-0.4, -0.2) is 22.1 Å². The summed E-state index contributed by atoms with van der Waals surface area (Å²) in [5.41, 5.74) is 8.61. The molecule has 0 saturated heterocycles. The van der Waals surface area contributed by atoms with Crippen molar-refractivity contribution < 1.29 is 14.6 Å². The molecule has 0 bridgehead atoms. The number of benzene rings is 2. The van der Waals surface area contributed by atoms with Gasteiger partial charge in [0.05, 0.1) is 12.0 Å². The highest BCUT2D eigenvalue weighted by molar-refractivity contribution is 6.31. The van der Waals surface area contributed by atoms with Crippen LogP contribution in [0.3, 0.4) is 0 Å². The molecule has 34 heavy (non-hydrogen) atoms. The Morgan fingerprint density at radius 3 is 2.59 bits per heavy atom. The average Bonchev–Trinajstić information content (AvgIpc) is 2.77. The average molecular weight is 486 g/mol. The summed E-state index contributed by atoms with van der Waals surface area (Å²) in [7, 11) is 0. The Kier molecular flexibility index (Phi) is 9.00. The Bertz CT molecular complexity index is 990. The van der Waals surface area contributed by atoms with Gasteiger partial charge in [-0.05, 0) is 74.6 Å². The van der Waals surface area contributed by atoms with Crippen molar-refractivity contribution in [1.82, 2.24) is 5.01 Å². The molecule has 1 unspecified atom stereocenters. The monoisotopic (exact) mass is 485 g/mol. The fourth-order valence-electron chi connectivity index (χ4n) is 4.29. The largest absolute Gasteiger partial charge is 0.460 e. The number of carbonyl (C=O) groups is 1. The second-order valence-electron chi connectivity index (χ2n) is 9.62. The predicted molar refractivity (Wildman–Crippen MR) is 135 cm³/mol. The van der Waals surface area contributed by atoms with Crippen molar-refractivity contribution in [1.29, 1.82) is 0 Å². The minimum absolute atomic E-state index is 0.177. The number of rotatable bonds is 11. The fraction of sp³-hybridized carbons (Fsp3) is 0.444. The molecule has 6 nitrogen and oxygen atoms in total. The van der Waals surface area contributed by atoms with Gasteiger partial charge in [0.1, 0.15) is 6.61 Å². The van der Waals surface area contributed by atoms with Crippen molar-refractivity contribution in [3.63, 3.8) is 0 Å². The smallest absolute Gasteiger partial charge is 0.312 e. The van der Waals surface area contributed by atoms with Crippen LogP contribution >= 0.6 is 11.6 Å². The number of hydrazine groups is 1. The molecule has 1 saturated carbocycles. The molecule has 1 fully saturated rings. The van der Waals surface area contributed by atoms with E-state index in [0.29, 0.717) is 35.2 Å². The number of nitrogens with zero attached hydrogens (tertiary/aromatic N) is 1. The molecular weight excluding hydrogens is 450 g/mol. The van der Waals surface area contributed by atoms with Gasteiger partial charge in [0.15, 0.2) is 0 Å². The Labute approximate surface area is 207 Å². The second kappa shape index (κ2) is 11.7. The van der Waals surface area contributed by atoms with Crippen LogP contribution in [0.25, 0.3) is 0 Å². The summed E-state index contributed by atoms with van der Waals surface area (Å²) < 4.78 is 5.71. The molecule has 5 N–H and O–H groups in total. The van der Waals surface area contributed by atoms with Crippen molar-refractivity contribution in [3.05, 3.63) is 82.1 Å². The van der Waals surface area contributed by atoms with Crippen molar-refractivity contribution in [2.75, 3.05) is 0 Å². The number of allylic oxidation sites excluding steroid dienone is 1. The lowest BCUT2D eigenvalue weighted by molar-refractivity contribution is -0.156. The van der Waals surface area contributed by atoms with Gasteiger partial charge < -0.3 is 20.6 Å². The maximum absolute atomic E-state index is 13.3. The minimum Gasteiger partial charge on any atom is -0.460 e. The van der Waals surface area contributed by atoms with E-state index in [2.05, 4.69) is 0 Å². The molecule has 1 atom stereocenters. The summed E-state index contributed by atoms with van der Waals surface area (Å²) in [6, 6.07) is 15.5. The molecule has 7 heteroatoms. The predicted octanol–water partition coefficient (Wildman–Crippen LogP) is 4.99. The Morgan fingerprint density at radius 2 is 1.97 bits per heavy atom. The van der Waals surface area contributed by atoms with E-state index < -0.39 is 5.41 Å². The Hall–Kier alpha value is -2.54. The summed E-state index contributed by atoms with van der Waals surface area (Å²) in [4.78, 5) is 13.3. The van der Waals surface area contributed by atoms with Gasteiger partial charge in [-0.2, -0.15) is 0 Å². The van der Waals surface area contributed by atoms with Gasteiger partial charge in [-0.25, -0.2) is 5.84 Å². The molecule has 2 aromatic rings. The number of nitrogens with two attached hydrogens (primary N) is 2. The van der Waals surface area contributed by atoms with E-state index in [0.717, 1.165) is 24.0 Å². The third kappa shape index (κ3) is 6.53. The van der Waals surface area contributed by atoms with Gasteiger partial charge in [-0.15, -0.1) is 0 Å². The van der Waals surface area contributed by atoms with Crippen LogP contribution in [0.5, 0.6) is 0 Å². The van der Waals surface area contributed by atoms with Gasteiger partial charge in [0.25, 0.3) is 0 Å². The summed E-state index contributed by atoms with van der Waals surface area (Å²) in [6.45, 7) is 3.82. The van der Waals surface area contributed by atoms with Crippen LogP contribution in [0, 0.1) is 5.41 Å². The van der Waals surface area contributed by atoms with E-state index in [-0.39, 0.29) is 25.1 Å². The SMILES string of the molecule is CC(C)(C(=O)OCc1ccccc1)C(CC/C(N)=C/N(N)C1CCC1)c1ccc(Cl)c(CO)c1. The highest BCUT2D eigenvalue weighted by Gasteiger charge is 2.39. The van der Waals surface area contributed by atoms with Crippen LogP contribution < -0.4 is 11.6 Å². The Morgan fingerprint density at radius 1 is 1.26 bits per heavy atom. The number of hydrogen-bond donors (Lipinski definition) is 3. The van der Waals surface area contributed by atoms with E-state index in [4.69, 9.17) is 27.9 Å². The molecule has 0 amide bonds. The highest BCUT2D eigenvalue weighted by Crippen LogP contribution is 2.42. The lowest BCUT2D eigenvalue weighted by Crippen LogP contribution is -2.41. The molecule has 0 radical (unpaired) electrons. The van der Waals surface area contributed by atoms with Crippen molar-refractivity contribution in [2.24, 2.45) is 17.0 Å². The first-order valence-corrected chi connectivity index (χ1v) is 12.2. The van der Waals surface area contributed by atoms with Crippen molar-refractivity contribution >= 4 is 17.6 Å². The lowest BCUT2D eigenvalue weighted by atomic mass is 9.72. The van der Waals surface area contributed by atoms with Gasteiger partial charge in [-0.1, -0.05) is 54.1 Å². The normalized spacial score (nSPS) is 15.5. The van der Waals surface area contributed by atoms with Crippen LogP contribution in [0.15, 0.2) is 60.4 Å². The first-order chi connectivity index (χ1) is 16.2. The topological polar surface area (TPSA) is 102 Å². The van der Waals surface area contributed by atoms with Gasteiger partial charge in [0, 0.05) is 23.0 Å². The standard InChI is InChI=1S/C27H36ClN3O3/c1-27(2,26(33)34-18-19-7-4-3-5-8-19)24(20-11-14-25(28)21(15-20)17-32)13-12-22(29)16-31(30)23-9-6-10-23/h3-5,7-8,11,14-16,23-24,32H,6,9-10,12-13,17-18,29-30H2,1-2H3/b22-16-. The highest BCUT2D eigenvalue weighted by atomic mass is 35.5. The molecule has 0 aliphatic heterocycles. The lowest BCUT2D eigenvalue weighted by Gasteiger charge is -2.34. The molecule has 1 aliphatic carbocycles. The van der Waals surface area contributed by atoms with E-state index >= 15 is 0 Å². The van der Waals surface area contributed by atoms with Gasteiger partial charge in [-0.3, -0.25) is 4.79 Å². The third-order valence-corrected chi connectivity index (χ3v) is 7.15. The molecule has 0 spiro atoms. The second-order valence-corrected chi connectivity index (χ2v) is 10.0. The number of aliphatic hydroxyl groups is 1. The molecule has 2 aromatic carbocycles. The number of halogens is 1. The summed E-state index contributed by atoms with van der Waals surface area (Å²) in [5.74, 6) is 5.64. The first kappa shape index (κ1) is 26.1. The quantitative estimate of drug-likeness (QED) is 0.235. The van der Waals surface area contributed by atoms with E-state index in [9.17, 15) is 9.90 Å². The van der Waals surface area contributed by atoms with Crippen LogP contribution in [-0.2, 0) is 22.7 Å². The number of carbonyl (C=O) groups excluding carboxylic acids is 1. The fourth-order valence-corrected chi connectivity index (χ4v) is 4.46. The maximum atomic E-state index is 13.3. The number of esters is 1. The van der Waals surface area contributed by atoms with E-state index in [1.165, 1.54) is 6.42 Å². The van der Waals surface area contributed by atoms with Crippen molar-refractivity contribution in [3.8, 4) is 0 Å². The zero-order valence-corrected chi connectivity index (χ0v) is 20.8. The summed E-state index contributed by atoms with van der Waals surface area (Å²) in [6.07, 6.45) is 6.34. The Balaban J connectivity index is 1.79. The van der Waals surface area contributed by atoms with Gasteiger partial charge >= 0.3 is 5.97 Å². The first-order valence-electron chi connectivity index (χ1n) is 11.8. The zero-order chi connectivity index (χ0) is 24.7. The number of ether oxygens (including phenoxy) is 1. The molecule has 1 aliphatic rings. The van der Waals surface area contributed by atoms with Crippen LogP contribution in [0.1, 0.15) is 68.6 Å². The zero-order valence-electron chi connectivity index (χ0n) is 20.0. The number of hydrogen-bond acceptors (Lipinski definition) is 6.